The molecule has 0 saturated carbocycles. The number of nitrogens with two attached hydrogens (primary N) is 2. The lowest BCUT2D eigenvalue weighted by Crippen LogP contribution is -2.45. The van der Waals surface area contributed by atoms with Crippen LogP contribution in [-0.4, -0.2) is 44.5 Å². The monoisotopic (exact) mass is 440 g/mol. The molecule has 160 valence electrons. The van der Waals surface area contributed by atoms with Crippen LogP contribution >= 0.6 is 23.4 Å². The van der Waals surface area contributed by atoms with Gasteiger partial charge >= 0.3 is 0 Å². The van der Waals surface area contributed by atoms with E-state index < -0.39 is 11.4 Å². The van der Waals surface area contributed by atoms with Crippen molar-refractivity contribution in [3.8, 4) is 0 Å². The van der Waals surface area contributed by atoms with Crippen molar-refractivity contribution in [2.45, 2.75) is 19.3 Å². The Morgan fingerprint density at radius 2 is 1.76 bits per heavy atom. The average molecular weight is 441 g/mol. The number of allylic oxidation sites excluding steroid dienone is 2. The van der Waals surface area contributed by atoms with Crippen molar-refractivity contribution in [2.75, 3.05) is 27.2 Å². The van der Waals surface area contributed by atoms with Crippen molar-refractivity contribution < 1.29 is 9.59 Å². The van der Waals surface area contributed by atoms with Crippen LogP contribution in [-0.2, 0) is 9.59 Å². The van der Waals surface area contributed by atoms with Crippen LogP contribution in [0.1, 0.15) is 19.4 Å². The zero-order valence-electron chi connectivity index (χ0n) is 17.1. The Bertz CT molecular complexity index is 775. The Labute approximate surface area is 180 Å². The van der Waals surface area contributed by atoms with Crippen molar-refractivity contribution in [3.05, 3.63) is 51.2 Å². The van der Waals surface area contributed by atoms with Gasteiger partial charge in [0.2, 0.25) is 5.91 Å². The lowest BCUT2D eigenvalue weighted by atomic mass is 10.1. The molecule has 1 aromatic carbocycles. The molecule has 0 bridgehead atoms. The van der Waals surface area contributed by atoms with Crippen LogP contribution in [0.25, 0.3) is 5.57 Å². The number of hydrogen-bond acceptors (Lipinski definition) is 7. The van der Waals surface area contributed by atoms with Gasteiger partial charge in [-0.25, -0.2) is 0 Å². The zero-order chi connectivity index (χ0) is 22.0. The molecule has 1 aromatic rings. The van der Waals surface area contributed by atoms with E-state index in [-0.39, 0.29) is 23.8 Å². The van der Waals surface area contributed by atoms with Crippen molar-refractivity contribution in [1.29, 1.82) is 0 Å². The van der Waals surface area contributed by atoms with E-state index in [4.69, 9.17) is 23.1 Å². The second kappa shape index (κ2) is 12.4. The second-order valence-corrected chi connectivity index (χ2v) is 7.85. The first-order valence-corrected chi connectivity index (χ1v) is 10.2. The first-order valence-electron chi connectivity index (χ1n) is 8.93. The molecule has 1 atom stereocenters. The van der Waals surface area contributed by atoms with Crippen molar-refractivity contribution in [2.24, 2.45) is 11.5 Å². The highest BCUT2D eigenvalue weighted by Crippen LogP contribution is 2.28. The molecule has 8 N–H and O–H groups in total. The number of carbonyl (C=O) groups excluding carboxylic acids is 2. The summed E-state index contributed by atoms with van der Waals surface area (Å²) in [4.78, 5) is 24.9. The molecular formula is C19H29ClN6O2S. The molecule has 0 aliphatic carbocycles. The van der Waals surface area contributed by atoms with E-state index in [9.17, 15) is 9.59 Å². The number of thioether (sulfide) groups is 1. The van der Waals surface area contributed by atoms with Crippen molar-refractivity contribution in [1.82, 2.24) is 21.3 Å². The highest BCUT2D eigenvalue weighted by atomic mass is 35.5. The maximum Gasteiger partial charge on any atom is 0.268 e. The summed E-state index contributed by atoms with van der Waals surface area (Å²) >= 11 is 7.30. The maximum absolute atomic E-state index is 12.2. The molecule has 0 spiro atoms. The largest absolute Gasteiger partial charge is 0.400 e. The Morgan fingerprint density at radius 1 is 1.14 bits per heavy atom. The van der Waals surface area contributed by atoms with Gasteiger partial charge in [0, 0.05) is 29.2 Å². The number of amides is 2. The Balaban J connectivity index is 2.76. The molecule has 10 heteroatoms. The normalized spacial score (nSPS) is 13.7. The van der Waals surface area contributed by atoms with Gasteiger partial charge in [0.15, 0.2) is 0 Å². The van der Waals surface area contributed by atoms with Gasteiger partial charge in [-0.15, -0.1) is 0 Å². The van der Waals surface area contributed by atoms with Crippen LogP contribution in [0.3, 0.4) is 0 Å². The molecule has 29 heavy (non-hydrogen) atoms. The minimum Gasteiger partial charge on any atom is -0.400 e. The molecule has 1 unspecified atom stereocenters. The quantitative estimate of drug-likeness (QED) is 0.235. The third-order valence-corrected chi connectivity index (χ3v) is 5.24. The van der Waals surface area contributed by atoms with Crippen LogP contribution in [0.2, 0.25) is 5.02 Å². The van der Waals surface area contributed by atoms with Crippen LogP contribution in [0.15, 0.2) is 40.6 Å². The lowest BCUT2D eigenvalue weighted by Gasteiger charge is -2.19. The predicted molar refractivity (Wildman–Crippen MR) is 121 cm³/mol. The highest BCUT2D eigenvalue weighted by Gasteiger charge is 2.15. The molecule has 0 radical (unpaired) electrons. The maximum atomic E-state index is 12.2. The third-order valence-electron chi connectivity index (χ3n) is 3.88. The van der Waals surface area contributed by atoms with Gasteiger partial charge in [0.1, 0.15) is 11.2 Å². The second-order valence-electron chi connectivity index (χ2n) is 6.18. The SMILES string of the molecule is CNC/C(SC(N)NC(=O)CN/C(C(=O)NC)=C(/C)N)=C(/C)c1ccc(Cl)cc1. The zero-order valence-corrected chi connectivity index (χ0v) is 18.6. The summed E-state index contributed by atoms with van der Waals surface area (Å²) in [5, 5.41) is 11.7. The Kier molecular flexibility index (Phi) is 10.6. The van der Waals surface area contributed by atoms with Gasteiger partial charge < -0.3 is 32.7 Å². The molecular weight excluding hydrogens is 412 g/mol. The van der Waals surface area contributed by atoms with E-state index in [1.165, 1.54) is 18.8 Å². The topological polar surface area (TPSA) is 134 Å². The van der Waals surface area contributed by atoms with Crippen LogP contribution in [0, 0.1) is 0 Å². The van der Waals surface area contributed by atoms with Crippen LogP contribution in [0.5, 0.6) is 0 Å². The van der Waals surface area contributed by atoms with Gasteiger partial charge in [-0.3, -0.25) is 9.59 Å². The summed E-state index contributed by atoms with van der Waals surface area (Å²) in [5.74, 6) is -0.755. The number of hydrogen-bond donors (Lipinski definition) is 6. The van der Waals surface area contributed by atoms with Gasteiger partial charge in [0.25, 0.3) is 5.91 Å². The Morgan fingerprint density at radius 3 is 2.28 bits per heavy atom. The van der Waals surface area contributed by atoms with Crippen molar-refractivity contribution >= 4 is 40.8 Å². The van der Waals surface area contributed by atoms with Gasteiger partial charge in [-0.1, -0.05) is 35.5 Å². The molecule has 0 fully saturated rings. The summed E-state index contributed by atoms with van der Waals surface area (Å²) in [6, 6.07) is 7.52. The number of halogens is 1. The van der Waals surface area contributed by atoms with E-state index in [2.05, 4.69) is 21.3 Å². The molecule has 0 aliphatic heterocycles. The Hall–Kier alpha value is -2.20. The molecule has 0 heterocycles. The van der Waals surface area contributed by atoms with E-state index in [1.807, 2.05) is 38.2 Å². The van der Waals surface area contributed by atoms with E-state index in [1.54, 1.807) is 6.92 Å². The summed E-state index contributed by atoms with van der Waals surface area (Å²) in [7, 11) is 3.32. The lowest BCUT2D eigenvalue weighted by molar-refractivity contribution is -0.120. The van der Waals surface area contributed by atoms with Gasteiger partial charge in [0.05, 0.1) is 6.54 Å². The number of carbonyl (C=O) groups is 2. The third kappa shape index (κ3) is 8.36. The smallest absolute Gasteiger partial charge is 0.268 e. The van der Waals surface area contributed by atoms with Crippen LogP contribution in [0.4, 0.5) is 0 Å². The van der Waals surface area contributed by atoms with Gasteiger partial charge in [-0.2, -0.15) is 0 Å². The molecule has 1 rings (SSSR count). The van der Waals surface area contributed by atoms with Crippen molar-refractivity contribution in [3.63, 3.8) is 0 Å². The van der Waals surface area contributed by atoms with E-state index in [0.29, 0.717) is 11.6 Å². The fraction of sp³-hybridized carbons (Fsp3) is 0.368. The average Bonchev–Trinajstić information content (AvgIpc) is 2.67. The molecule has 0 aliphatic rings. The molecule has 0 aromatic heterocycles. The molecule has 2 amide bonds. The minimum absolute atomic E-state index is 0.132. The first kappa shape index (κ1) is 24.8. The molecule has 0 saturated heterocycles. The standard InChI is InChI=1S/C19H29ClN6O2S/c1-11(13-5-7-14(20)8-6-13)15(9-23-3)29-19(22)26-16(27)10-25-17(12(2)21)18(28)24-4/h5-8,19,23,25H,9-10,21-22H2,1-4H3,(H,24,28)(H,26,27)/b15-11+,17-12-. The summed E-state index contributed by atoms with van der Waals surface area (Å²) < 4.78 is 0. The summed E-state index contributed by atoms with van der Waals surface area (Å²) in [6.07, 6.45) is 0. The van der Waals surface area contributed by atoms with Gasteiger partial charge in [-0.05, 0) is 44.2 Å². The summed E-state index contributed by atoms with van der Waals surface area (Å²) in [6.45, 7) is 4.03. The fourth-order valence-electron chi connectivity index (χ4n) is 2.37. The van der Waals surface area contributed by atoms with Crippen LogP contribution < -0.4 is 32.7 Å². The van der Waals surface area contributed by atoms with E-state index >= 15 is 0 Å². The van der Waals surface area contributed by atoms with E-state index in [0.717, 1.165) is 16.0 Å². The minimum atomic E-state index is -0.665. The number of benzene rings is 1. The number of rotatable bonds is 10. The molecule has 8 nitrogen and oxygen atoms in total. The number of likely N-dealkylation sites (N-methyl/N-ethyl adjacent to an activating group) is 2. The number of nitrogens with one attached hydrogen (secondary N) is 4. The first-order chi connectivity index (χ1) is 13.7. The predicted octanol–water partition coefficient (Wildman–Crippen LogP) is 0.908. The summed E-state index contributed by atoms with van der Waals surface area (Å²) in [5.41, 5.74) is 13.6. The highest BCUT2D eigenvalue weighted by molar-refractivity contribution is 8.03. The fourth-order valence-corrected chi connectivity index (χ4v) is 3.51.